The third-order valence-corrected chi connectivity index (χ3v) is 10.4. The van der Waals surface area contributed by atoms with Crippen LogP contribution in [0.15, 0.2) is 40.6 Å². The molecule has 42 heavy (non-hydrogen) atoms. The van der Waals surface area contributed by atoms with Crippen molar-refractivity contribution >= 4 is 23.3 Å². The summed E-state index contributed by atoms with van der Waals surface area (Å²) in [6, 6.07) is 1.71. The minimum atomic E-state index is -1.03. The number of aliphatic hydroxyl groups excluding tert-OH is 2. The van der Waals surface area contributed by atoms with Gasteiger partial charge in [0.15, 0.2) is 0 Å². The highest BCUT2D eigenvalue weighted by atomic mass is 32.1. The number of carbonyl (C=O) groups is 2. The number of cyclic esters (lactones) is 1. The van der Waals surface area contributed by atoms with Crippen molar-refractivity contribution in [3.05, 3.63) is 46.2 Å². The van der Waals surface area contributed by atoms with Gasteiger partial charge < -0.3 is 38.6 Å². The first-order valence-corrected chi connectivity index (χ1v) is 15.4. The third kappa shape index (κ3) is 5.27. The molecule has 2 aliphatic heterocycles. The molecule has 0 aromatic carbocycles. The first-order valence-electron chi connectivity index (χ1n) is 14.5. The standard InChI is InChI=1S/C31H42O10S/c1-16-10-17(2)31-21(19(12-36-3)30(35)40-27(16)23(32)14-38-5)6-7-25(31)39-24-11-22(31)26(33)20(13-37-4)28(24)41-29(34)18-8-9-42-15-18/h6-10,15-16,19-28,32-33H,11-14H2,1-5H3/b17-10+/t16-,19-,20-,21-,22+,23-,24+,25-,26-,27+,28-,31+/m1/s1. The zero-order valence-corrected chi connectivity index (χ0v) is 25.5. The maximum Gasteiger partial charge on any atom is 0.339 e. The summed E-state index contributed by atoms with van der Waals surface area (Å²) in [4.78, 5) is 26.8. The van der Waals surface area contributed by atoms with Crippen molar-refractivity contribution < 1.29 is 48.2 Å². The summed E-state index contributed by atoms with van der Waals surface area (Å²) in [5.74, 6) is -3.34. The zero-order chi connectivity index (χ0) is 30.2. The van der Waals surface area contributed by atoms with Crippen molar-refractivity contribution in [2.75, 3.05) is 41.2 Å². The number of rotatable bonds is 9. The maximum atomic E-state index is 13.8. The molecule has 10 nitrogen and oxygen atoms in total. The lowest BCUT2D eigenvalue weighted by atomic mass is 9.51. The molecule has 1 spiro atoms. The van der Waals surface area contributed by atoms with Crippen LogP contribution in [0.25, 0.3) is 0 Å². The molecule has 12 atom stereocenters. The van der Waals surface area contributed by atoms with Crippen LogP contribution in [-0.2, 0) is 33.2 Å². The van der Waals surface area contributed by atoms with Gasteiger partial charge in [0, 0.05) is 55.8 Å². The van der Waals surface area contributed by atoms with Gasteiger partial charge in [-0.05, 0) is 24.8 Å². The van der Waals surface area contributed by atoms with Gasteiger partial charge in [-0.2, -0.15) is 11.3 Å². The molecule has 5 rings (SSSR count). The van der Waals surface area contributed by atoms with Crippen molar-refractivity contribution in [2.45, 2.75) is 56.9 Å². The fourth-order valence-corrected chi connectivity index (χ4v) is 8.58. The van der Waals surface area contributed by atoms with Crippen LogP contribution in [0.5, 0.6) is 0 Å². The molecule has 1 aromatic heterocycles. The number of aliphatic hydroxyl groups is 2. The number of hydrogen-bond acceptors (Lipinski definition) is 11. The van der Waals surface area contributed by atoms with E-state index in [1.54, 1.807) is 18.6 Å². The molecule has 1 aromatic rings. The molecule has 2 N–H and O–H groups in total. The van der Waals surface area contributed by atoms with Crippen LogP contribution in [0.3, 0.4) is 0 Å². The third-order valence-electron chi connectivity index (χ3n) is 9.70. The molecule has 11 heteroatoms. The van der Waals surface area contributed by atoms with Crippen molar-refractivity contribution in [2.24, 2.45) is 35.0 Å². The average molecular weight is 607 g/mol. The van der Waals surface area contributed by atoms with E-state index in [9.17, 15) is 19.8 Å². The molecular formula is C31H42O10S. The zero-order valence-electron chi connectivity index (χ0n) is 24.7. The molecule has 2 bridgehead atoms. The molecule has 4 aliphatic rings. The number of fused-ring (bicyclic) bond motifs is 2. The Kier molecular flexibility index (Phi) is 9.58. The molecule has 1 saturated carbocycles. The quantitative estimate of drug-likeness (QED) is 0.320. The molecule has 0 radical (unpaired) electrons. The fourth-order valence-electron chi connectivity index (χ4n) is 7.96. The van der Waals surface area contributed by atoms with Crippen molar-refractivity contribution in [1.82, 2.24) is 0 Å². The largest absolute Gasteiger partial charge is 0.459 e. The monoisotopic (exact) mass is 606 g/mol. The minimum absolute atomic E-state index is 0.0114. The normalized spacial score (nSPS) is 41.3. The Labute approximate surface area is 250 Å². The van der Waals surface area contributed by atoms with Crippen molar-refractivity contribution in [1.29, 1.82) is 0 Å². The molecule has 232 valence electrons. The van der Waals surface area contributed by atoms with E-state index >= 15 is 0 Å². The van der Waals surface area contributed by atoms with Gasteiger partial charge in [0.1, 0.15) is 18.3 Å². The van der Waals surface area contributed by atoms with E-state index in [2.05, 4.69) is 0 Å². The van der Waals surface area contributed by atoms with Gasteiger partial charge in [0.05, 0.1) is 49.6 Å². The second-order valence-electron chi connectivity index (χ2n) is 12.0. The summed E-state index contributed by atoms with van der Waals surface area (Å²) >= 11 is 1.41. The van der Waals surface area contributed by atoms with E-state index in [4.69, 9.17) is 28.4 Å². The van der Waals surface area contributed by atoms with Gasteiger partial charge in [-0.15, -0.1) is 0 Å². The summed E-state index contributed by atoms with van der Waals surface area (Å²) in [5.41, 5.74) is 0.592. The Morgan fingerprint density at radius 3 is 2.62 bits per heavy atom. The Bertz CT molecular complexity index is 1170. The number of esters is 2. The summed E-state index contributed by atoms with van der Waals surface area (Å²) in [7, 11) is 4.58. The van der Waals surface area contributed by atoms with Gasteiger partial charge in [0.25, 0.3) is 0 Å². The Hall–Kier alpha value is -2.12. The van der Waals surface area contributed by atoms with Gasteiger partial charge in [-0.25, -0.2) is 4.79 Å². The van der Waals surface area contributed by atoms with Gasteiger partial charge in [-0.1, -0.05) is 30.7 Å². The predicted octanol–water partition coefficient (Wildman–Crippen LogP) is 2.63. The SMILES string of the molecule is COC[C@@H]1[C@@H](O)[C@@H]2C[C@H](O[C@@H]3C=C[C@@H]4[C@@H](COC)C(=O)O[C@H]([C@H](O)COC)[C@H](C)/C=C(\C)[C@@]432)[C@@H]1OC(=O)c1ccsc1. The van der Waals surface area contributed by atoms with Crippen LogP contribution < -0.4 is 0 Å². The van der Waals surface area contributed by atoms with Gasteiger partial charge >= 0.3 is 11.9 Å². The Morgan fingerprint density at radius 2 is 1.95 bits per heavy atom. The smallest absolute Gasteiger partial charge is 0.339 e. The Morgan fingerprint density at radius 1 is 1.19 bits per heavy atom. The van der Waals surface area contributed by atoms with Gasteiger partial charge in [-0.3, -0.25) is 4.79 Å². The van der Waals surface area contributed by atoms with Crippen molar-refractivity contribution in [3.8, 4) is 0 Å². The highest BCUT2D eigenvalue weighted by Gasteiger charge is 2.67. The lowest BCUT2D eigenvalue weighted by molar-refractivity contribution is -0.248. The number of thiophene rings is 1. The fraction of sp³-hybridized carbons (Fsp3) is 0.677. The van der Waals surface area contributed by atoms with Crippen LogP contribution in [0, 0.1) is 35.0 Å². The molecular weight excluding hydrogens is 564 g/mol. The van der Waals surface area contributed by atoms with Crippen LogP contribution >= 0.6 is 11.3 Å². The summed E-state index contributed by atoms with van der Waals surface area (Å²) in [5, 5.41) is 26.5. The first kappa shape index (κ1) is 31.3. The predicted molar refractivity (Wildman–Crippen MR) is 153 cm³/mol. The van der Waals surface area contributed by atoms with E-state index in [0.717, 1.165) is 5.57 Å². The maximum absolute atomic E-state index is 13.8. The van der Waals surface area contributed by atoms with E-state index in [1.165, 1.54) is 25.6 Å². The molecule has 2 aliphatic carbocycles. The van der Waals surface area contributed by atoms with E-state index < -0.39 is 71.7 Å². The highest BCUT2D eigenvalue weighted by molar-refractivity contribution is 7.08. The van der Waals surface area contributed by atoms with E-state index in [0.29, 0.717) is 12.0 Å². The van der Waals surface area contributed by atoms with Crippen LogP contribution in [0.4, 0.5) is 0 Å². The second-order valence-corrected chi connectivity index (χ2v) is 12.7. The average Bonchev–Trinajstić information content (AvgIpc) is 3.64. The molecule has 0 amide bonds. The number of ether oxygens (including phenoxy) is 6. The molecule has 3 heterocycles. The summed E-state index contributed by atoms with van der Waals surface area (Å²) in [6.07, 6.45) is 1.90. The number of carbonyl (C=O) groups excluding carboxylic acids is 2. The number of methoxy groups -OCH3 is 3. The Balaban J connectivity index is 1.57. The van der Waals surface area contributed by atoms with E-state index in [1.807, 2.05) is 37.5 Å². The molecule has 0 unspecified atom stereocenters. The molecule has 1 saturated heterocycles. The van der Waals surface area contributed by atoms with Gasteiger partial charge in [0.2, 0.25) is 0 Å². The van der Waals surface area contributed by atoms with E-state index in [-0.39, 0.29) is 31.7 Å². The van der Waals surface area contributed by atoms with Crippen LogP contribution in [0.2, 0.25) is 0 Å². The number of hydrogen-bond donors (Lipinski definition) is 2. The highest BCUT2D eigenvalue weighted by Crippen LogP contribution is 2.62. The number of allylic oxidation sites excluding steroid dienone is 1. The van der Waals surface area contributed by atoms with Crippen LogP contribution in [-0.4, -0.2) is 99.9 Å². The second kappa shape index (κ2) is 12.9. The minimum Gasteiger partial charge on any atom is -0.459 e. The van der Waals surface area contributed by atoms with Crippen molar-refractivity contribution in [3.63, 3.8) is 0 Å². The lowest BCUT2D eigenvalue weighted by Gasteiger charge is -2.59. The summed E-state index contributed by atoms with van der Waals surface area (Å²) < 4.78 is 35.0. The molecule has 2 fully saturated rings. The first-order chi connectivity index (χ1) is 20.2. The summed E-state index contributed by atoms with van der Waals surface area (Å²) in [6.45, 7) is 4.17. The lowest BCUT2D eigenvalue weighted by Crippen LogP contribution is -2.66. The topological polar surface area (TPSA) is 130 Å². The van der Waals surface area contributed by atoms with Crippen LogP contribution in [0.1, 0.15) is 30.6 Å².